The number of rotatable bonds is 3. The lowest BCUT2D eigenvalue weighted by atomic mass is 9.84. The van der Waals surface area contributed by atoms with Crippen LogP contribution in [0.4, 0.5) is 0 Å². The molecule has 1 aromatic rings. The summed E-state index contributed by atoms with van der Waals surface area (Å²) in [6.07, 6.45) is 0.724. The van der Waals surface area contributed by atoms with Crippen molar-refractivity contribution in [3.05, 3.63) is 42.5 Å². The van der Waals surface area contributed by atoms with Crippen molar-refractivity contribution in [3.63, 3.8) is 0 Å². The number of phenolic OH excluding ortho intramolecular Hbond substituents is 1. The topological polar surface area (TPSA) is 46.5 Å². The van der Waals surface area contributed by atoms with Crippen LogP contribution >= 0.6 is 0 Å². The fourth-order valence-corrected chi connectivity index (χ4v) is 1.60. The number of hydrogen-bond acceptors (Lipinski definition) is 3. The van der Waals surface area contributed by atoms with Crippen molar-refractivity contribution in [2.75, 3.05) is 0 Å². The van der Waals surface area contributed by atoms with Crippen LogP contribution in [0, 0.1) is 5.41 Å². The fourth-order valence-electron chi connectivity index (χ4n) is 1.60. The molecule has 0 bridgehead atoms. The summed E-state index contributed by atoms with van der Waals surface area (Å²) in [6.45, 7) is 9.29. The maximum absolute atomic E-state index is 11.3. The molecule has 0 aliphatic heterocycles. The first-order valence-corrected chi connectivity index (χ1v) is 5.46. The molecule has 1 atom stereocenters. The van der Waals surface area contributed by atoms with Gasteiger partial charge in [0, 0.05) is 11.5 Å². The van der Waals surface area contributed by atoms with Crippen LogP contribution in [0.1, 0.15) is 32.4 Å². The van der Waals surface area contributed by atoms with Crippen molar-refractivity contribution >= 4 is 5.97 Å². The van der Waals surface area contributed by atoms with E-state index in [1.54, 1.807) is 18.2 Å². The quantitative estimate of drug-likeness (QED) is 0.645. The molecule has 1 N–H and O–H groups in total. The zero-order valence-electron chi connectivity index (χ0n) is 10.4. The van der Waals surface area contributed by atoms with Gasteiger partial charge in [-0.1, -0.05) is 39.5 Å². The second kappa shape index (κ2) is 5.04. The van der Waals surface area contributed by atoms with E-state index >= 15 is 0 Å². The minimum atomic E-state index is -0.465. The Morgan fingerprint density at radius 2 is 2.12 bits per heavy atom. The highest BCUT2D eigenvalue weighted by Gasteiger charge is 2.29. The molecule has 0 amide bonds. The Morgan fingerprint density at radius 1 is 1.47 bits per heavy atom. The summed E-state index contributed by atoms with van der Waals surface area (Å²) in [5.41, 5.74) is 0.514. The molecule has 0 fully saturated rings. The van der Waals surface area contributed by atoms with Gasteiger partial charge >= 0.3 is 5.97 Å². The van der Waals surface area contributed by atoms with Crippen molar-refractivity contribution in [2.24, 2.45) is 5.41 Å². The number of aromatic hydroxyl groups is 1. The summed E-state index contributed by atoms with van der Waals surface area (Å²) in [7, 11) is 0. The van der Waals surface area contributed by atoms with Crippen LogP contribution in [-0.2, 0) is 9.53 Å². The van der Waals surface area contributed by atoms with E-state index in [-0.39, 0.29) is 11.2 Å². The second-order valence-electron chi connectivity index (χ2n) is 4.98. The average molecular weight is 234 g/mol. The van der Waals surface area contributed by atoms with E-state index in [0.29, 0.717) is 0 Å². The Hall–Kier alpha value is -1.77. The predicted octanol–water partition coefficient (Wildman–Crippen LogP) is 3.21. The van der Waals surface area contributed by atoms with E-state index in [9.17, 15) is 9.90 Å². The second-order valence-corrected chi connectivity index (χ2v) is 4.98. The summed E-state index contributed by atoms with van der Waals surface area (Å²) in [5.74, 6) is -0.306. The Bertz CT molecular complexity index is 416. The van der Waals surface area contributed by atoms with Gasteiger partial charge in [0.1, 0.15) is 11.9 Å². The zero-order chi connectivity index (χ0) is 13.1. The molecule has 0 aromatic heterocycles. The maximum atomic E-state index is 11.3. The highest BCUT2D eigenvalue weighted by Crippen LogP contribution is 2.37. The number of benzene rings is 1. The maximum Gasteiger partial charge on any atom is 0.330 e. The first-order valence-electron chi connectivity index (χ1n) is 5.46. The van der Waals surface area contributed by atoms with Crippen LogP contribution in [0.2, 0.25) is 0 Å². The smallest absolute Gasteiger partial charge is 0.330 e. The van der Waals surface area contributed by atoms with Gasteiger partial charge < -0.3 is 9.84 Å². The molecular weight excluding hydrogens is 216 g/mol. The van der Waals surface area contributed by atoms with Crippen molar-refractivity contribution < 1.29 is 14.6 Å². The third kappa shape index (κ3) is 3.63. The van der Waals surface area contributed by atoms with Gasteiger partial charge in [0.25, 0.3) is 0 Å². The van der Waals surface area contributed by atoms with Gasteiger partial charge in [0.05, 0.1) is 0 Å². The number of ether oxygens (including phenoxy) is 1. The predicted molar refractivity (Wildman–Crippen MR) is 66.6 cm³/mol. The van der Waals surface area contributed by atoms with Gasteiger partial charge in [-0.2, -0.15) is 0 Å². The molecule has 0 saturated heterocycles. The van der Waals surface area contributed by atoms with E-state index in [0.717, 1.165) is 11.6 Å². The van der Waals surface area contributed by atoms with Gasteiger partial charge in [-0.15, -0.1) is 0 Å². The third-order valence-corrected chi connectivity index (χ3v) is 2.36. The molecule has 0 heterocycles. The molecule has 0 radical (unpaired) electrons. The van der Waals surface area contributed by atoms with Crippen molar-refractivity contribution in [3.8, 4) is 5.75 Å². The van der Waals surface area contributed by atoms with Crippen LogP contribution in [0.25, 0.3) is 0 Å². The lowest BCUT2D eigenvalue weighted by Crippen LogP contribution is -2.23. The molecule has 3 heteroatoms. The Morgan fingerprint density at radius 3 is 2.59 bits per heavy atom. The highest BCUT2D eigenvalue weighted by molar-refractivity contribution is 5.81. The molecule has 1 rings (SSSR count). The summed E-state index contributed by atoms with van der Waals surface area (Å²) in [5, 5.41) is 9.46. The third-order valence-electron chi connectivity index (χ3n) is 2.36. The molecule has 92 valence electrons. The molecule has 3 nitrogen and oxygen atoms in total. The van der Waals surface area contributed by atoms with Gasteiger partial charge in [-0.25, -0.2) is 4.79 Å². The standard InChI is InChI=1S/C14H18O3/c1-5-12(16)17-13(14(2,3)4)10-7-6-8-11(15)9-10/h5-9,13,15H,1H2,2-4H3. The lowest BCUT2D eigenvalue weighted by Gasteiger charge is -2.30. The monoisotopic (exact) mass is 234 g/mol. The minimum Gasteiger partial charge on any atom is -0.508 e. The Labute approximate surface area is 102 Å². The molecule has 1 unspecified atom stereocenters. The minimum absolute atomic E-state index is 0.159. The number of phenols is 1. The Balaban J connectivity index is 3.06. The van der Waals surface area contributed by atoms with Gasteiger partial charge in [-0.3, -0.25) is 0 Å². The van der Waals surface area contributed by atoms with Gasteiger partial charge in [-0.05, 0) is 17.7 Å². The molecular formula is C14H18O3. The number of carbonyl (C=O) groups is 1. The van der Waals surface area contributed by atoms with Crippen LogP contribution in [-0.4, -0.2) is 11.1 Å². The largest absolute Gasteiger partial charge is 0.508 e. The van der Waals surface area contributed by atoms with Crippen LogP contribution in [0.15, 0.2) is 36.9 Å². The molecule has 0 aliphatic rings. The summed E-state index contributed by atoms with van der Waals surface area (Å²) < 4.78 is 5.34. The SMILES string of the molecule is C=CC(=O)OC(c1cccc(O)c1)C(C)(C)C. The van der Waals surface area contributed by atoms with E-state index in [1.165, 1.54) is 0 Å². The van der Waals surface area contributed by atoms with E-state index in [1.807, 2.05) is 26.8 Å². The van der Waals surface area contributed by atoms with Crippen LogP contribution in [0.5, 0.6) is 5.75 Å². The van der Waals surface area contributed by atoms with Gasteiger partial charge in [0.2, 0.25) is 0 Å². The van der Waals surface area contributed by atoms with E-state index < -0.39 is 12.1 Å². The van der Waals surface area contributed by atoms with Crippen LogP contribution in [0.3, 0.4) is 0 Å². The average Bonchev–Trinajstić information content (AvgIpc) is 2.23. The molecule has 1 aromatic carbocycles. The molecule has 0 spiro atoms. The summed E-state index contributed by atoms with van der Waals surface area (Å²) >= 11 is 0. The molecule has 0 saturated carbocycles. The van der Waals surface area contributed by atoms with Gasteiger partial charge in [0.15, 0.2) is 0 Å². The first-order chi connectivity index (χ1) is 7.84. The lowest BCUT2D eigenvalue weighted by molar-refractivity contribution is -0.149. The number of hydrogen-bond donors (Lipinski definition) is 1. The highest BCUT2D eigenvalue weighted by atomic mass is 16.5. The van der Waals surface area contributed by atoms with E-state index in [2.05, 4.69) is 6.58 Å². The number of carbonyl (C=O) groups excluding carboxylic acids is 1. The normalized spacial score (nSPS) is 12.9. The van der Waals surface area contributed by atoms with E-state index in [4.69, 9.17) is 4.74 Å². The summed E-state index contributed by atoms with van der Waals surface area (Å²) in [6, 6.07) is 6.74. The number of esters is 1. The van der Waals surface area contributed by atoms with Crippen molar-refractivity contribution in [1.29, 1.82) is 0 Å². The van der Waals surface area contributed by atoms with Crippen molar-refractivity contribution in [1.82, 2.24) is 0 Å². The molecule has 0 aliphatic carbocycles. The molecule has 17 heavy (non-hydrogen) atoms. The van der Waals surface area contributed by atoms with Crippen molar-refractivity contribution in [2.45, 2.75) is 26.9 Å². The fraction of sp³-hybridized carbons (Fsp3) is 0.357. The Kier molecular flexibility index (Phi) is 3.94. The van der Waals surface area contributed by atoms with Crippen LogP contribution < -0.4 is 0 Å². The zero-order valence-corrected chi connectivity index (χ0v) is 10.4. The summed E-state index contributed by atoms with van der Waals surface area (Å²) in [4.78, 5) is 11.3. The first kappa shape index (κ1) is 13.3.